The van der Waals surface area contributed by atoms with E-state index < -0.39 is 0 Å². The summed E-state index contributed by atoms with van der Waals surface area (Å²) in [7, 11) is 0. The molecule has 2 aromatic rings. The van der Waals surface area contributed by atoms with Crippen LogP contribution in [0.15, 0.2) is 42.5 Å². The molecule has 0 bridgehead atoms. The van der Waals surface area contributed by atoms with Crippen LogP contribution in [0.25, 0.3) is 10.8 Å². The van der Waals surface area contributed by atoms with Crippen molar-refractivity contribution in [2.45, 2.75) is 19.9 Å². The number of rotatable bonds is 4. The van der Waals surface area contributed by atoms with E-state index in [-0.39, 0.29) is 18.1 Å². The number of aliphatic hydroxyl groups is 1. The first-order chi connectivity index (χ1) is 10.6. The second-order valence-electron chi connectivity index (χ2n) is 6.90. The predicted molar refractivity (Wildman–Crippen MR) is 92.0 cm³/mol. The Kier molecular flexibility index (Phi) is 4.48. The molecule has 0 amide bonds. The molecule has 3 rings (SSSR count). The first kappa shape index (κ1) is 15.5. The van der Waals surface area contributed by atoms with Crippen LogP contribution in [0, 0.1) is 5.41 Å². The van der Waals surface area contributed by atoms with E-state index in [1.54, 1.807) is 0 Å². The summed E-state index contributed by atoms with van der Waals surface area (Å²) in [5, 5.41) is 16.0. The van der Waals surface area contributed by atoms with Crippen LogP contribution in [-0.2, 0) is 0 Å². The minimum atomic E-state index is -0.179. The lowest BCUT2D eigenvalue weighted by Crippen LogP contribution is -2.49. The SMILES string of the molecule is CC(C)(CO)[C@@H](c1cccc2ccccc12)N1CCNCC1. The molecule has 1 atom stereocenters. The molecule has 0 aliphatic carbocycles. The molecule has 1 fully saturated rings. The van der Waals surface area contributed by atoms with Crippen molar-refractivity contribution in [1.82, 2.24) is 10.2 Å². The number of nitrogens with one attached hydrogen (secondary N) is 1. The highest BCUT2D eigenvalue weighted by Crippen LogP contribution is 2.41. The van der Waals surface area contributed by atoms with Gasteiger partial charge in [-0.15, -0.1) is 0 Å². The van der Waals surface area contributed by atoms with Crippen molar-refractivity contribution < 1.29 is 5.11 Å². The van der Waals surface area contributed by atoms with Crippen LogP contribution in [0.3, 0.4) is 0 Å². The molecular formula is C19H26N2O. The molecule has 0 spiro atoms. The first-order valence-corrected chi connectivity index (χ1v) is 8.17. The molecule has 0 saturated carbocycles. The normalized spacial score (nSPS) is 18.5. The van der Waals surface area contributed by atoms with Crippen LogP contribution >= 0.6 is 0 Å². The molecule has 0 unspecified atom stereocenters. The zero-order valence-electron chi connectivity index (χ0n) is 13.5. The summed E-state index contributed by atoms with van der Waals surface area (Å²) in [6.45, 7) is 8.61. The predicted octanol–water partition coefficient (Wildman–Crippen LogP) is 2.80. The molecule has 3 heteroatoms. The molecule has 0 aromatic heterocycles. The lowest BCUT2D eigenvalue weighted by Gasteiger charge is -2.44. The number of aliphatic hydroxyl groups excluding tert-OH is 1. The van der Waals surface area contributed by atoms with Crippen molar-refractivity contribution in [3.63, 3.8) is 0 Å². The molecule has 1 saturated heterocycles. The van der Waals surface area contributed by atoms with E-state index in [9.17, 15) is 5.11 Å². The van der Waals surface area contributed by atoms with Crippen molar-refractivity contribution in [3.8, 4) is 0 Å². The summed E-state index contributed by atoms with van der Waals surface area (Å²) in [4.78, 5) is 2.52. The first-order valence-electron chi connectivity index (χ1n) is 8.17. The van der Waals surface area contributed by atoms with Gasteiger partial charge in [-0.3, -0.25) is 4.90 Å². The lowest BCUT2D eigenvalue weighted by molar-refractivity contribution is 0.0313. The van der Waals surface area contributed by atoms with Gasteiger partial charge in [0.1, 0.15) is 0 Å². The Morgan fingerprint density at radius 1 is 1.09 bits per heavy atom. The number of nitrogens with zero attached hydrogens (tertiary/aromatic N) is 1. The second kappa shape index (κ2) is 6.37. The van der Waals surface area contributed by atoms with Gasteiger partial charge in [-0.1, -0.05) is 56.3 Å². The Labute approximate surface area is 132 Å². The smallest absolute Gasteiger partial charge is 0.0500 e. The Morgan fingerprint density at radius 3 is 2.50 bits per heavy atom. The largest absolute Gasteiger partial charge is 0.396 e. The molecule has 22 heavy (non-hydrogen) atoms. The molecule has 3 nitrogen and oxygen atoms in total. The van der Waals surface area contributed by atoms with Crippen molar-refractivity contribution in [2.24, 2.45) is 5.41 Å². The van der Waals surface area contributed by atoms with Crippen LogP contribution in [0.4, 0.5) is 0 Å². The Bertz CT molecular complexity index is 627. The minimum Gasteiger partial charge on any atom is -0.396 e. The maximum atomic E-state index is 9.99. The Balaban J connectivity index is 2.11. The van der Waals surface area contributed by atoms with Gasteiger partial charge in [0.15, 0.2) is 0 Å². The molecule has 118 valence electrons. The number of hydrogen-bond acceptors (Lipinski definition) is 3. The van der Waals surface area contributed by atoms with Crippen molar-refractivity contribution >= 4 is 10.8 Å². The second-order valence-corrected chi connectivity index (χ2v) is 6.90. The summed E-state index contributed by atoms with van der Waals surface area (Å²) >= 11 is 0. The fraction of sp³-hybridized carbons (Fsp3) is 0.474. The standard InChI is InChI=1S/C19H26N2O/c1-19(2,14-22)18(21-12-10-20-11-13-21)17-9-5-7-15-6-3-4-8-16(15)17/h3-9,18,20,22H,10-14H2,1-2H3/t18-/m1/s1. The monoisotopic (exact) mass is 298 g/mol. The maximum absolute atomic E-state index is 9.99. The quantitative estimate of drug-likeness (QED) is 0.911. The number of benzene rings is 2. The van der Waals surface area contributed by atoms with E-state index in [1.807, 2.05) is 0 Å². The van der Waals surface area contributed by atoms with Crippen LogP contribution in [-0.4, -0.2) is 42.8 Å². The van der Waals surface area contributed by atoms with Crippen molar-refractivity contribution in [3.05, 3.63) is 48.0 Å². The molecule has 2 aromatic carbocycles. The molecular weight excluding hydrogens is 272 g/mol. The van der Waals surface area contributed by atoms with Gasteiger partial charge in [0.2, 0.25) is 0 Å². The van der Waals surface area contributed by atoms with Gasteiger partial charge >= 0.3 is 0 Å². The van der Waals surface area contributed by atoms with E-state index in [0.29, 0.717) is 0 Å². The van der Waals surface area contributed by atoms with E-state index >= 15 is 0 Å². The molecule has 1 aliphatic rings. The maximum Gasteiger partial charge on any atom is 0.0500 e. The average Bonchev–Trinajstić information content (AvgIpc) is 2.56. The van der Waals surface area contributed by atoms with Crippen LogP contribution < -0.4 is 5.32 Å². The number of piperazine rings is 1. The lowest BCUT2D eigenvalue weighted by atomic mass is 9.78. The van der Waals surface area contributed by atoms with E-state index in [1.165, 1.54) is 16.3 Å². The summed E-state index contributed by atoms with van der Waals surface area (Å²) in [6.07, 6.45) is 0. The van der Waals surface area contributed by atoms with Crippen LogP contribution in [0.5, 0.6) is 0 Å². The topological polar surface area (TPSA) is 35.5 Å². The minimum absolute atomic E-state index is 0.179. The molecule has 1 aliphatic heterocycles. The highest BCUT2D eigenvalue weighted by Gasteiger charge is 2.36. The van der Waals surface area contributed by atoms with Crippen LogP contribution in [0.1, 0.15) is 25.5 Å². The van der Waals surface area contributed by atoms with Gasteiger partial charge in [0, 0.05) is 44.2 Å². The number of hydrogen-bond donors (Lipinski definition) is 2. The zero-order valence-corrected chi connectivity index (χ0v) is 13.5. The van der Waals surface area contributed by atoms with Gasteiger partial charge in [-0.05, 0) is 16.3 Å². The van der Waals surface area contributed by atoms with Crippen LogP contribution in [0.2, 0.25) is 0 Å². The van der Waals surface area contributed by atoms with Gasteiger partial charge in [0.25, 0.3) is 0 Å². The third-order valence-corrected chi connectivity index (χ3v) is 4.78. The third kappa shape index (κ3) is 2.89. The average molecular weight is 298 g/mol. The molecule has 1 heterocycles. The summed E-state index contributed by atoms with van der Waals surface area (Å²) in [5.41, 5.74) is 1.15. The highest BCUT2D eigenvalue weighted by molar-refractivity contribution is 5.86. The van der Waals surface area contributed by atoms with Gasteiger partial charge in [0.05, 0.1) is 0 Å². The van der Waals surface area contributed by atoms with E-state index in [2.05, 4.69) is 66.5 Å². The molecule has 0 radical (unpaired) electrons. The van der Waals surface area contributed by atoms with E-state index in [0.717, 1.165) is 26.2 Å². The number of fused-ring (bicyclic) bond motifs is 1. The summed E-state index contributed by atoms with van der Waals surface area (Å²) in [5.74, 6) is 0. The van der Waals surface area contributed by atoms with Gasteiger partial charge < -0.3 is 10.4 Å². The fourth-order valence-electron chi connectivity index (χ4n) is 3.63. The Morgan fingerprint density at radius 2 is 1.77 bits per heavy atom. The molecule has 2 N–H and O–H groups in total. The van der Waals surface area contributed by atoms with Crippen molar-refractivity contribution in [1.29, 1.82) is 0 Å². The Hall–Kier alpha value is -1.42. The van der Waals surface area contributed by atoms with E-state index in [4.69, 9.17) is 0 Å². The summed E-state index contributed by atoms with van der Waals surface area (Å²) < 4.78 is 0. The van der Waals surface area contributed by atoms with Crippen molar-refractivity contribution in [2.75, 3.05) is 32.8 Å². The summed E-state index contributed by atoms with van der Waals surface area (Å²) in [6, 6.07) is 15.3. The third-order valence-electron chi connectivity index (χ3n) is 4.78. The van der Waals surface area contributed by atoms with Gasteiger partial charge in [-0.2, -0.15) is 0 Å². The van der Waals surface area contributed by atoms with Gasteiger partial charge in [-0.25, -0.2) is 0 Å². The zero-order chi connectivity index (χ0) is 15.6. The highest BCUT2D eigenvalue weighted by atomic mass is 16.3. The fourth-order valence-corrected chi connectivity index (χ4v) is 3.63.